The van der Waals surface area contributed by atoms with E-state index in [-0.39, 0.29) is 12.5 Å². The van der Waals surface area contributed by atoms with Gasteiger partial charge >= 0.3 is 0 Å². The van der Waals surface area contributed by atoms with Gasteiger partial charge in [-0.2, -0.15) is 11.8 Å². The van der Waals surface area contributed by atoms with Crippen molar-refractivity contribution in [2.75, 3.05) is 18.1 Å². The van der Waals surface area contributed by atoms with Crippen LogP contribution in [0.3, 0.4) is 0 Å². The van der Waals surface area contributed by atoms with Crippen LogP contribution in [-0.4, -0.2) is 39.2 Å². The summed E-state index contributed by atoms with van der Waals surface area (Å²) in [5, 5.41) is 14.3. The molecule has 2 N–H and O–H groups in total. The molecule has 1 amide bonds. The third-order valence-corrected chi connectivity index (χ3v) is 5.23. The minimum absolute atomic E-state index is 0.0546. The predicted molar refractivity (Wildman–Crippen MR) is 86.6 cm³/mol. The fourth-order valence-electron chi connectivity index (χ4n) is 2.77. The lowest BCUT2D eigenvalue weighted by Gasteiger charge is -2.21. The Morgan fingerprint density at radius 2 is 2.29 bits per heavy atom. The molecule has 5 heteroatoms. The number of carbonyl (C=O) groups excluding carboxylic acids is 1. The van der Waals surface area contributed by atoms with Crippen LogP contribution in [-0.2, 0) is 11.3 Å². The van der Waals surface area contributed by atoms with Crippen LogP contribution in [0, 0.1) is 6.92 Å². The number of rotatable bonds is 4. The minimum Gasteiger partial charge on any atom is -0.387 e. The SMILES string of the molecule is Cc1cn(CC(=O)NCC2(O)CCSC2)c2ccccc12. The molecular formula is C16H20N2O2S. The number of aryl methyl sites for hydroxylation is 1. The number of aromatic nitrogens is 1. The van der Waals surface area contributed by atoms with Gasteiger partial charge < -0.3 is 15.0 Å². The maximum Gasteiger partial charge on any atom is 0.240 e. The zero-order chi connectivity index (χ0) is 14.9. The molecule has 1 unspecified atom stereocenters. The molecule has 0 radical (unpaired) electrons. The van der Waals surface area contributed by atoms with Gasteiger partial charge in [-0.1, -0.05) is 18.2 Å². The molecule has 1 aliphatic rings. The van der Waals surface area contributed by atoms with E-state index >= 15 is 0 Å². The highest BCUT2D eigenvalue weighted by Crippen LogP contribution is 2.27. The zero-order valence-corrected chi connectivity index (χ0v) is 12.9. The number of aliphatic hydroxyl groups is 1. The van der Waals surface area contributed by atoms with Crippen molar-refractivity contribution in [3.8, 4) is 0 Å². The summed E-state index contributed by atoms with van der Waals surface area (Å²) >= 11 is 1.74. The summed E-state index contributed by atoms with van der Waals surface area (Å²) < 4.78 is 1.97. The molecule has 2 heterocycles. The van der Waals surface area contributed by atoms with Gasteiger partial charge in [0.2, 0.25) is 5.91 Å². The van der Waals surface area contributed by atoms with E-state index in [2.05, 4.69) is 18.3 Å². The molecular weight excluding hydrogens is 284 g/mol. The number of hydrogen-bond donors (Lipinski definition) is 2. The summed E-state index contributed by atoms with van der Waals surface area (Å²) in [7, 11) is 0. The molecule has 0 aliphatic carbocycles. The first kappa shape index (κ1) is 14.5. The fraction of sp³-hybridized carbons (Fsp3) is 0.438. The first-order valence-corrected chi connectivity index (χ1v) is 8.34. The fourth-order valence-corrected chi connectivity index (χ4v) is 4.07. The Hall–Kier alpha value is -1.46. The molecule has 1 aromatic heterocycles. The van der Waals surface area contributed by atoms with E-state index < -0.39 is 5.60 Å². The van der Waals surface area contributed by atoms with Gasteiger partial charge in [0.1, 0.15) is 6.54 Å². The number of hydrogen-bond acceptors (Lipinski definition) is 3. The second-order valence-corrected chi connectivity index (χ2v) is 6.87. The van der Waals surface area contributed by atoms with Crippen molar-refractivity contribution in [2.45, 2.75) is 25.5 Å². The highest BCUT2D eigenvalue weighted by atomic mass is 32.2. The van der Waals surface area contributed by atoms with Crippen molar-refractivity contribution < 1.29 is 9.90 Å². The molecule has 1 aromatic carbocycles. The predicted octanol–water partition coefficient (Wildman–Crippen LogP) is 1.93. The van der Waals surface area contributed by atoms with Gasteiger partial charge in [0.15, 0.2) is 0 Å². The van der Waals surface area contributed by atoms with Gasteiger partial charge in [0, 0.05) is 29.4 Å². The van der Waals surface area contributed by atoms with Crippen molar-refractivity contribution in [2.24, 2.45) is 0 Å². The lowest BCUT2D eigenvalue weighted by Crippen LogP contribution is -2.43. The maximum atomic E-state index is 12.1. The molecule has 21 heavy (non-hydrogen) atoms. The Labute approximate surface area is 128 Å². The smallest absolute Gasteiger partial charge is 0.240 e. The van der Waals surface area contributed by atoms with Crippen LogP contribution in [0.25, 0.3) is 10.9 Å². The van der Waals surface area contributed by atoms with Crippen molar-refractivity contribution in [1.82, 2.24) is 9.88 Å². The van der Waals surface area contributed by atoms with Crippen molar-refractivity contribution >= 4 is 28.6 Å². The van der Waals surface area contributed by atoms with E-state index in [1.54, 1.807) is 11.8 Å². The average Bonchev–Trinajstić information content (AvgIpc) is 3.03. The third-order valence-electron chi connectivity index (χ3n) is 4.00. The van der Waals surface area contributed by atoms with Gasteiger partial charge in [-0.25, -0.2) is 0 Å². The van der Waals surface area contributed by atoms with Crippen LogP contribution >= 0.6 is 11.8 Å². The Kier molecular flexibility index (Phi) is 3.95. The van der Waals surface area contributed by atoms with Crippen LogP contribution in [0.2, 0.25) is 0 Å². The van der Waals surface area contributed by atoms with Crippen molar-refractivity contribution in [3.63, 3.8) is 0 Å². The largest absolute Gasteiger partial charge is 0.387 e. The monoisotopic (exact) mass is 304 g/mol. The van der Waals surface area contributed by atoms with Gasteiger partial charge in [0.05, 0.1) is 5.60 Å². The van der Waals surface area contributed by atoms with E-state index in [9.17, 15) is 9.90 Å². The van der Waals surface area contributed by atoms with E-state index in [1.807, 2.05) is 29.0 Å². The van der Waals surface area contributed by atoms with Crippen molar-refractivity contribution in [3.05, 3.63) is 36.0 Å². The van der Waals surface area contributed by atoms with Gasteiger partial charge in [0.25, 0.3) is 0 Å². The number of fused-ring (bicyclic) bond motifs is 1. The highest BCUT2D eigenvalue weighted by molar-refractivity contribution is 7.99. The Morgan fingerprint density at radius 1 is 1.48 bits per heavy atom. The number of para-hydroxylation sites is 1. The first-order valence-electron chi connectivity index (χ1n) is 7.19. The number of nitrogens with zero attached hydrogens (tertiary/aromatic N) is 1. The quantitative estimate of drug-likeness (QED) is 0.907. The summed E-state index contributed by atoms with van der Waals surface area (Å²) in [6.07, 6.45) is 2.76. The Balaban J connectivity index is 1.66. The van der Waals surface area contributed by atoms with E-state index in [4.69, 9.17) is 0 Å². The van der Waals surface area contributed by atoms with Crippen LogP contribution in [0.4, 0.5) is 0 Å². The normalized spacial score (nSPS) is 21.8. The molecule has 1 saturated heterocycles. The van der Waals surface area contributed by atoms with Crippen molar-refractivity contribution in [1.29, 1.82) is 0 Å². The van der Waals surface area contributed by atoms with E-state index in [0.717, 1.165) is 17.7 Å². The summed E-state index contributed by atoms with van der Waals surface area (Å²) in [6.45, 7) is 2.68. The minimum atomic E-state index is -0.727. The molecule has 2 aromatic rings. The van der Waals surface area contributed by atoms with Crippen LogP contribution in [0.5, 0.6) is 0 Å². The molecule has 1 atom stereocenters. The molecule has 0 saturated carbocycles. The van der Waals surface area contributed by atoms with E-state index in [1.165, 1.54) is 10.9 Å². The lowest BCUT2D eigenvalue weighted by molar-refractivity contribution is -0.122. The molecule has 1 aliphatic heterocycles. The Morgan fingerprint density at radius 3 is 3.05 bits per heavy atom. The summed E-state index contributed by atoms with van der Waals surface area (Å²) in [5.74, 6) is 1.62. The second kappa shape index (κ2) is 5.73. The first-order chi connectivity index (χ1) is 10.1. The number of carbonyl (C=O) groups is 1. The average molecular weight is 304 g/mol. The maximum absolute atomic E-state index is 12.1. The highest BCUT2D eigenvalue weighted by Gasteiger charge is 2.31. The van der Waals surface area contributed by atoms with Gasteiger partial charge in [-0.3, -0.25) is 4.79 Å². The number of thioether (sulfide) groups is 1. The van der Waals surface area contributed by atoms with E-state index in [0.29, 0.717) is 12.3 Å². The second-order valence-electron chi connectivity index (χ2n) is 5.76. The molecule has 112 valence electrons. The lowest BCUT2D eigenvalue weighted by atomic mass is 10.0. The Bertz CT molecular complexity index is 659. The van der Waals surface area contributed by atoms with Crippen LogP contribution in [0.15, 0.2) is 30.5 Å². The number of nitrogens with one attached hydrogen (secondary N) is 1. The van der Waals surface area contributed by atoms with Crippen LogP contribution in [0.1, 0.15) is 12.0 Å². The number of benzene rings is 1. The van der Waals surface area contributed by atoms with Gasteiger partial charge in [-0.05, 0) is 30.7 Å². The summed E-state index contributed by atoms with van der Waals surface area (Å²) in [5.41, 5.74) is 1.51. The topological polar surface area (TPSA) is 54.3 Å². The molecule has 1 fully saturated rings. The third kappa shape index (κ3) is 3.09. The van der Waals surface area contributed by atoms with Gasteiger partial charge in [-0.15, -0.1) is 0 Å². The summed E-state index contributed by atoms with van der Waals surface area (Å²) in [4.78, 5) is 12.1. The molecule has 0 spiro atoms. The molecule has 3 rings (SSSR count). The summed E-state index contributed by atoms with van der Waals surface area (Å²) in [6, 6.07) is 8.08. The zero-order valence-electron chi connectivity index (χ0n) is 12.1. The molecule has 0 bridgehead atoms. The standard InChI is InChI=1S/C16H20N2O2S/c1-12-8-18(14-5-3-2-4-13(12)14)9-15(19)17-10-16(20)6-7-21-11-16/h2-5,8,20H,6-7,9-11H2,1H3,(H,17,19). The number of amides is 1. The molecule has 4 nitrogen and oxygen atoms in total. The van der Waals surface area contributed by atoms with Crippen LogP contribution < -0.4 is 5.32 Å².